The molecule has 7 heteroatoms. The predicted octanol–water partition coefficient (Wildman–Crippen LogP) is 1.57. The van der Waals surface area contributed by atoms with E-state index in [2.05, 4.69) is 10.9 Å². The zero-order valence-electron chi connectivity index (χ0n) is 12.5. The van der Waals surface area contributed by atoms with Crippen molar-refractivity contribution in [2.75, 3.05) is 6.61 Å². The quantitative estimate of drug-likeness (QED) is 0.517. The Kier molecular flexibility index (Phi) is 4.84. The Morgan fingerprint density at radius 3 is 3.05 bits per heavy atom. The first-order valence-corrected chi connectivity index (χ1v) is 7.43. The first kappa shape index (κ1) is 16.5. The number of esters is 1. The average Bonchev–Trinajstić information content (AvgIpc) is 2.89. The fraction of sp³-hybridized carbons (Fsp3) is 0.533. The Morgan fingerprint density at radius 1 is 1.73 bits per heavy atom. The fourth-order valence-corrected chi connectivity index (χ4v) is 2.41. The van der Waals surface area contributed by atoms with E-state index in [4.69, 9.17) is 28.1 Å². The molecule has 2 atom stereocenters. The summed E-state index contributed by atoms with van der Waals surface area (Å²) in [5.74, 6) is 2.05. The number of aromatic amines is 1. The number of H-pyrrole nitrogens is 1. The molecule has 1 aromatic rings. The predicted molar refractivity (Wildman–Crippen MR) is 82.6 cm³/mol. The van der Waals surface area contributed by atoms with Gasteiger partial charge in [-0.15, -0.1) is 6.42 Å². The van der Waals surface area contributed by atoms with Crippen LogP contribution in [0.1, 0.15) is 26.7 Å². The summed E-state index contributed by atoms with van der Waals surface area (Å²) in [6.45, 7) is 3.64. The third-order valence-electron chi connectivity index (χ3n) is 3.49. The Labute approximate surface area is 133 Å². The van der Waals surface area contributed by atoms with Crippen molar-refractivity contribution in [1.82, 2.24) is 9.55 Å². The van der Waals surface area contributed by atoms with Crippen LogP contribution in [-0.4, -0.2) is 28.2 Å². The van der Waals surface area contributed by atoms with Crippen molar-refractivity contribution in [2.45, 2.75) is 38.5 Å². The van der Waals surface area contributed by atoms with E-state index in [1.807, 2.05) is 0 Å². The molecule has 0 radical (unpaired) electrons. The van der Waals surface area contributed by atoms with E-state index < -0.39 is 11.4 Å². The number of ether oxygens (including phenoxy) is 2. The van der Waals surface area contributed by atoms with Crippen molar-refractivity contribution in [3.05, 3.63) is 27.4 Å². The molecule has 1 aliphatic rings. The second-order valence-corrected chi connectivity index (χ2v) is 5.91. The van der Waals surface area contributed by atoms with Gasteiger partial charge in [0.25, 0.3) is 0 Å². The molecule has 1 fully saturated rings. The number of terminal acetylenes is 1. The van der Waals surface area contributed by atoms with E-state index in [9.17, 15) is 9.59 Å². The molecule has 22 heavy (non-hydrogen) atoms. The minimum atomic E-state index is -1.18. The van der Waals surface area contributed by atoms with Gasteiger partial charge in [-0.1, -0.05) is 26.1 Å². The van der Waals surface area contributed by atoms with Crippen molar-refractivity contribution in [2.24, 2.45) is 5.92 Å². The second kappa shape index (κ2) is 6.46. The maximum Gasteiger partial charge on any atom is 0.329 e. The number of carbonyl (C=O) groups is 1. The zero-order valence-corrected chi connectivity index (χ0v) is 13.3. The van der Waals surface area contributed by atoms with E-state index in [1.54, 1.807) is 19.9 Å². The van der Waals surface area contributed by atoms with Gasteiger partial charge in [0.2, 0.25) is 5.72 Å². The number of nitrogens with zero attached hydrogens (tertiary/aromatic N) is 1. The molecular weight excluding hydrogens is 304 g/mol. The highest BCUT2D eigenvalue weighted by Gasteiger charge is 2.41. The molecule has 118 valence electrons. The molecule has 2 unspecified atom stereocenters. The number of nitrogens with one attached hydrogen (secondary N) is 1. The number of hydrogen-bond acceptors (Lipinski definition) is 5. The molecule has 1 aliphatic heterocycles. The minimum Gasteiger partial charge on any atom is -0.463 e. The molecule has 0 aliphatic carbocycles. The summed E-state index contributed by atoms with van der Waals surface area (Å²) in [7, 11) is 0. The number of rotatable bonds is 4. The lowest BCUT2D eigenvalue weighted by Crippen LogP contribution is -2.41. The normalized spacial score (nSPS) is 24.2. The van der Waals surface area contributed by atoms with Gasteiger partial charge in [-0.25, -0.2) is 4.79 Å². The Hall–Kier alpha value is -1.91. The van der Waals surface area contributed by atoms with Crippen LogP contribution in [0.4, 0.5) is 0 Å². The van der Waals surface area contributed by atoms with Crippen LogP contribution in [0.2, 0.25) is 0 Å². The van der Waals surface area contributed by atoms with E-state index in [0.29, 0.717) is 17.5 Å². The van der Waals surface area contributed by atoms with Crippen molar-refractivity contribution >= 4 is 18.2 Å². The van der Waals surface area contributed by atoms with Crippen LogP contribution in [0.3, 0.4) is 0 Å². The number of carbonyl (C=O) groups excluding carboxylic acids is 1. The van der Waals surface area contributed by atoms with Crippen LogP contribution in [0.25, 0.3) is 0 Å². The van der Waals surface area contributed by atoms with Crippen molar-refractivity contribution in [1.29, 1.82) is 0 Å². The summed E-state index contributed by atoms with van der Waals surface area (Å²) in [4.78, 5) is 26.1. The molecular formula is C15H18N2O4S. The van der Waals surface area contributed by atoms with Crippen molar-refractivity contribution < 1.29 is 14.3 Å². The first-order chi connectivity index (χ1) is 10.4. The lowest BCUT2D eigenvalue weighted by atomic mass is 10.1. The van der Waals surface area contributed by atoms with E-state index >= 15 is 0 Å². The van der Waals surface area contributed by atoms with Gasteiger partial charge in [0, 0.05) is 12.6 Å². The molecule has 1 N–H and O–H groups in total. The van der Waals surface area contributed by atoms with Crippen LogP contribution in [-0.2, 0) is 20.0 Å². The monoisotopic (exact) mass is 322 g/mol. The topological polar surface area (TPSA) is 73.3 Å². The van der Waals surface area contributed by atoms with Crippen LogP contribution in [0.15, 0.2) is 17.1 Å². The Bertz CT molecular complexity index is 715. The second-order valence-electron chi connectivity index (χ2n) is 5.47. The summed E-state index contributed by atoms with van der Waals surface area (Å²) in [6.07, 6.45) is 7.82. The molecule has 2 heterocycles. The average molecular weight is 322 g/mol. The molecule has 0 amide bonds. The lowest BCUT2D eigenvalue weighted by Gasteiger charge is -2.25. The summed E-state index contributed by atoms with van der Waals surface area (Å²) in [6, 6.07) is 1.57. The molecule has 1 saturated heterocycles. The van der Waals surface area contributed by atoms with E-state index in [0.717, 1.165) is 0 Å². The van der Waals surface area contributed by atoms with Gasteiger partial charge in [0.15, 0.2) is 0 Å². The smallest absolute Gasteiger partial charge is 0.329 e. The standard InChI is InChI=1S/C15H18N2O4S/c1-4-15(17-8-6-12(22)16-14(17)19)7-5-11(21-15)9-20-13(18)10(2)3/h1,6,8,10-11H,5,7,9H2,2-3H3,(H,16,19,22). The van der Waals surface area contributed by atoms with Crippen LogP contribution in [0, 0.1) is 22.9 Å². The van der Waals surface area contributed by atoms with E-state index in [-0.39, 0.29) is 24.6 Å². The third-order valence-corrected chi connectivity index (χ3v) is 3.73. The van der Waals surface area contributed by atoms with Gasteiger partial charge in [-0.2, -0.15) is 0 Å². The number of hydrogen-bond donors (Lipinski definition) is 1. The van der Waals surface area contributed by atoms with Crippen LogP contribution >= 0.6 is 12.2 Å². The highest BCUT2D eigenvalue weighted by atomic mass is 32.1. The highest BCUT2D eigenvalue weighted by Crippen LogP contribution is 2.33. The summed E-state index contributed by atoms with van der Waals surface area (Å²) >= 11 is 4.91. The molecule has 0 bridgehead atoms. The van der Waals surface area contributed by atoms with Crippen LogP contribution < -0.4 is 5.69 Å². The number of aromatic nitrogens is 2. The van der Waals surface area contributed by atoms with Crippen molar-refractivity contribution in [3.63, 3.8) is 0 Å². The molecule has 2 rings (SSSR count). The minimum absolute atomic E-state index is 0.123. The largest absolute Gasteiger partial charge is 0.463 e. The fourth-order valence-electron chi connectivity index (χ4n) is 2.26. The van der Waals surface area contributed by atoms with Gasteiger partial charge in [0.1, 0.15) is 11.2 Å². The molecule has 6 nitrogen and oxygen atoms in total. The van der Waals surface area contributed by atoms with Gasteiger partial charge in [-0.3, -0.25) is 14.3 Å². The maximum absolute atomic E-state index is 12.0. The van der Waals surface area contributed by atoms with Gasteiger partial charge in [-0.05, 0) is 18.4 Å². The maximum atomic E-state index is 12.0. The summed E-state index contributed by atoms with van der Waals surface area (Å²) in [5.41, 5.74) is -1.60. The Morgan fingerprint density at radius 2 is 2.45 bits per heavy atom. The van der Waals surface area contributed by atoms with Gasteiger partial charge >= 0.3 is 11.7 Å². The summed E-state index contributed by atoms with van der Waals surface area (Å²) in [5, 5.41) is 0. The molecule has 1 aromatic heterocycles. The first-order valence-electron chi connectivity index (χ1n) is 7.02. The molecule has 0 saturated carbocycles. The third kappa shape index (κ3) is 3.29. The van der Waals surface area contributed by atoms with Crippen molar-refractivity contribution in [3.8, 4) is 12.3 Å². The van der Waals surface area contributed by atoms with Crippen LogP contribution in [0.5, 0.6) is 0 Å². The summed E-state index contributed by atoms with van der Waals surface area (Å²) < 4.78 is 12.6. The van der Waals surface area contributed by atoms with Gasteiger partial charge < -0.3 is 9.47 Å². The zero-order chi connectivity index (χ0) is 16.3. The van der Waals surface area contributed by atoms with E-state index in [1.165, 1.54) is 10.8 Å². The highest BCUT2D eigenvalue weighted by molar-refractivity contribution is 7.71. The molecule has 0 aromatic carbocycles. The Balaban J connectivity index is 2.14. The lowest BCUT2D eigenvalue weighted by molar-refractivity contribution is -0.154. The SMILES string of the molecule is C#CC1(n2ccc(=S)[nH]c2=O)CCC(COC(=O)C(C)C)O1. The molecule has 0 spiro atoms. The van der Waals surface area contributed by atoms with Gasteiger partial charge in [0.05, 0.1) is 12.0 Å².